The quantitative estimate of drug-likeness (QED) is 0.138. The molecule has 0 saturated carbocycles. The fourth-order valence-electron chi connectivity index (χ4n) is 5.55. The highest BCUT2D eigenvalue weighted by Gasteiger charge is 2.36. The molecule has 3 aromatic rings. The van der Waals surface area contributed by atoms with Crippen molar-refractivity contribution in [2.24, 2.45) is 11.8 Å². The second kappa shape index (κ2) is 15.3. The van der Waals surface area contributed by atoms with E-state index >= 15 is 0 Å². The molecule has 236 valence electrons. The molecule has 1 aliphatic rings. The van der Waals surface area contributed by atoms with E-state index in [0.717, 1.165) is 39.4 Å². The molecule has 0 unspecified atom stereocenters. The highest BCUT2D eigenvalue weighted by Crippen LogP contribution is 2.52. The van der Waals surface area contributed by atoms with Crippen molar-refractivity contribution in [1.29, 1.82) is 0 Å². The predicted octanol–water partition coefficient (Wildman–Crippen LogP) is 6.60. The molecule has 1 fully saturated rings. The molecule has 0 radical (unpaired) electrons. The average molecular weight is 651 g/mol. The Balaban J connectivity index is 1.34. The number of aliphatic hydroxyl groups is 1. The highest BCUT2D eigenvalue weighted by molar-refractivity contribution is 8.01. The van der Waals surface area contributed by atoms with Gasteiger partial charge < -0.3 is 28.9 Å². The molecule has 43 heavy (non-hydrogen) atoms. The average Bonchev–Trinajstić information content (AvgIpc) is 3.44. The summed E-state index contributed by atoms with van der Waals surface area (Å²) in [4.78, 5) is 18.9. The van der Waals surface area contributed by atoms with Crippen LogP contribution in [0, 0.1) is 11.8 Å². The number of likely N-dealkylation sites (tertiary alicyclic amines) is 1. The van der Waals surface area contributed by atoms with Gasteiger partial charge in [0.05, 0.1) is 46.4 Å². The maximum atomic E-state index is 13.7. The third-order valence-electron chi connectivity index (χ3n) is 7.55. The second-order valence-corrected chi connectivity index (χ2v) is 15.6. The first-order chi connectivity index (χ1) is 20.5. The van der Waals surface area contributed by atoms with E-state index in [1.165, 1.54) is 11.3 Å². The number of piperidine rings is 1. The van der Waals surface area contributed by atoms with Crippen molar-refractivity contribution in [3.8, 4) is 5.75 Å². The fourth-order valence-corrected chi connectivity index (χ4v) is 10.5. The Bertz CT molecular complexity index is 1400. The van der Waals surface area contributed by atoms with Crippen molar-refractivity contribution < 1.29 is 33.4 Å². The number of ether oxygens (including phenoxy) is 1. The van der Waals surface area contributed by atoms with Gasteiger partial charge in [0.1, 0.15) is 5.75 Å². The van der Waals surface area contributed by atoms with Gasteiger partial charge in [0.15, 0.2) is 0 Å². The summed E-state index contributed by atoms with van der Waals surface area (Å²) < 4.78 is 31.6. The molecule has 1 aliphatic heterocycles. The molecule has 3 heterocycles. The van der Waals surface area contributed by atoms with Crippen LogP contribution in [0.5, 0.6) is 5.75 Å². The van der Waals surface area contributed by atoms with Gasteiger partial charge in [-0.15, -0.1) is 23.1 Å². The number of methoxy groups -OCH3 is 1. The highest BCUT2D eigenvalue weighted by atomic mass is 32.2. The van der Waals surface area contributed by atoms with Crippen molar-refractivity contribution in [1.82, 2.24) is 9.88 Å². The van der Waals surface area contributed by atoms with Gasteiger partial charge in [-0.3, -0.25) is 14.3 Å². The molecule has 1 saturated heterocycles. The molecule has 3 atom stereocenters. The molecule has 2 aromatic heterocycles. The van der Waals surface area contributed by atoms with Crippen LogP contribution in [0.3, 0.4) is 0 Å². The number of thiophene rings is 1. The SMILES string of the molecule is COc1ccc2nccc([C@@H](O)CC[C@@H]3CCN(CCSc4sccc4P(=O)(OC(C)C)OC(C)C)C[C@@H]3C(=O)O)c2c1. The smallest absolute Gasteiger partial charge is 0.363 e. The summed E-state index contributed by atoms with van der Waals surface area (Å²) in [5.74, 6) is 0.105. The predicted molar refractivity (Wildman–Crippen MR) is 173 cm³/mol. The molecule has 2 N–H and O–H groups in total. The van der Waals surface area contributed by atoms with Crippen LogP contribution in [0.15, 0.2) is 46.1 Å². The lowest BCUT2D eigenvalue weighted by molar-refractivity contribution is -0.146. The number of hydrogen-bond acceptors (Lipinski definition) is 10. The van der Waals surface area contributed by atoms with Crippen LogP contribution < -0.4 is 10.0 Å². The van der Waals surface area contributed by atoms with E-state index in [1.54, 1.807) is 25.1 Å². The third-order valence-corrected chi connectivity index (χ3v) is 12.4. The van der Waals surface area contributed by atoms with E-state index in [1.807, 2.05) is 63.4 Å². The number of thioether (sulfide) groups is 1. The number of carboxylic acids is 1. The van der Waals surface area contributed by atoms with Crippen LogP contribution in [0.25, 0.3) is 10.9 Å². The third kappa shape index (κ3) is 8.81. The monoisotopic (exact) mass is 650 g/mol. The summed E-state index contributed by atoms with van der Waals surface area (Å²) in [5, 5.41) is 24.5. The number of carboxylic acid groups (broad SMARTS) is 1. The Morgan fingerprint density at radius 1 is 1.19 bits per heavy atom. The molecule has 0 amide bonds. The van der Waals surface area contributed by atoms with Crippen LogP contribution in [-0.2, 0) is 18.4 Å². The second-order valence-electron chi connectivity index (χ2n) is 11.4. The number of carbonyl (C=O) groups is 1. The molecule has 0 spiro atoms. The van der Waals surface area contributed by atoms with Gasteiger partial charge in [0, 0.05) is 30.4 Å². The van der Waals surface area contributed by atoms with Crippen molar-refractivity contribution in [3.63, 3.8) is 0 Å². The molecule has 0 bridgehead atoms. The fraction of sp³-hybridized carbons (Fsp3) is 0.548. The lowest BCUT2D eigenvalue weighted by Crippen LogP contribution is -2.44. The molecule has 1 aromatic carbocycles. The number of hydrogen-bond donors (Lipinski definition) is 2. The van der Waals surface area contributed by atoms with E-state index in [0.29, 0.717) is 37.0 Å². The number of aliphatic carboxylic acids is 1. The van der Waals surface area contributed by atoms with Crippen molar-refractivity contribution in [2.75, 3.05) is 32.5 Å². The normalized spacial score (nSPS) is 18.9. The summed E-state index contributed by atoms with van der Waals surface area (Å²) in [6, 6.07) is 9.24. The van der Waals surface area contributed by atoms with E-state index in [4.69, 9.17) is 13.8 Å². The summed E-state index contributed by atoms with van der Waals surface area (Å²) in [5.41, 5.74) is 1.56. The Morgan fingerprint density at radius 2 is 1.93 bits per heavy atom. The molecular formula is C31H43N2O7PS2. The van der Waals surface area contributed by atoms with Crippen LogP contribution in [-0.4, -0.2) is 70.8 Å². The van der Waals surface area contributed by atoms with Crippen molar-refractivity contribution >= 4 is 52.9 Å². The topological polar surface area (TPSA) is 118 Å². The van der Waals surface area contributed by atoms with E-state index < -0.39 is 25.6 Å². The van der Waals surface area contributed by atoms with Crippen LogP contribution in [0.1, 0.15) is 58.6 Å². The van der Waals surface area contributed by atoms with Gasteiger partial charge in [-0.1, -0.05) is 0 Å². The number of rotatable bonds is 15. The zero-order valence-electron chi connectivity index (χ0n) is 25.5. The van der Waals surface area contributed by atoms with E-state index in [9.17, 15) is 19.6 Å². The van der Waals surface area contributed by atoms with Crippen molar-refractivity contribution in [3.05, 3.63) is 47.5 Å². The largest absolute Gasteiger partial charge is 0.497 e. The number of nitrogens with zero attached hydrogens (tertiary/aromatic N) is 2. The first-order valence-electron chi connectivity index (χ1n) is 14.7. The van der Waals surface area contributed by atoms with Crippen LogP contribution in [0.2, 0.25) is 0 Å². The maximum absolute atomic E-state index is 13.7. The molecule has 12 heteroatoms. The lowest BCUT2D eigenvalue weighted by atomic mass is 9.81. The number of pyridine rings is 1. The number of benzene rings is 1. The molecular weight excluding hydrogens is 607 g/mol. The zero-order valence-corrected chi connectivity index (χ0v) is 28.0. The Labute approximate surface area is 262 Å². The first kappa shape index (κ1) is 33.9. The van der Waals surface area contributed by atoms with Gasteiger partial charge in [-0.2, -0.15) is 0 Å². The first-order valence-corrected chi connectivity index (χ1v) is 18.1. The Hall–Kier alpha value is -1.98. The molecule has 0 aliphatic carbocycles. The van der Waals surface area contributed by atoms with Gasteiger partial charge in [0.25, 0.3) is 0 Å². The number of aromatic nitrogens is 1. The van der Waals surface area contributed by atoms with E-state index in [-0.39, 0.29) is 18.1 Å². The van der Waals surface area contributed by atoms with Gasteiger partial charge in [-0.25, -0.2) is 0 Å². The maximum Gasteiger partial charge on any atom is 0.363 e. The minimum atomic E-state index is -3.47. The van der Waals surface area contributed by atoms with Gasteiger partial charge in [-0.05, 0) is 101 Å². The number of aliphatic hydroxyl groups excluding tert-OH is 1. The van der Waals surface area contributed by atoms with E-state index in [2.05, 4.69) is 9.88 Å². The summed E-state index contributed by atoms with van der Waals surface area (Å²) in [6.45, 7) is 9.35. The Kier molecular flexibility index (Phi) is 12.1. The summed E-state index contributed by atoms with van der Waals surface area (Å²) >= 11 is 3.12. The lowest BCUT2D eigenvalue weighted by Gasteiger charge is -2.37. The minimum Gasteiger partial charge on any atom is -0.497 e. The molecule has 4 rings (SSSR count). The summed E-state index contributed by atoms with van der Waals surface area (Å²) in [7, 11) is -1.86. The van der Waals surface area contributed by atoms with Crippen molar-refractivity contribution in [2.45, 2.75) is 69.5 Å². The van der Waals surface area contributed by atoms with Gasteiger partial charge >= 0.3 is 13.6 Å². The van der Waals surface area contributed by atoms with Crippen LogP contribution >= 0.6 is 30.7 Å². The summed E-state index contributed by atoms with van der Waals surface area (Å²) in [6.07, 6.45) is 2.32. The molecule has 9 nitrogen and oxygen atoms in total. The Morgan fingerprint density at radius 3 is 2.60 bits per heavy atom. The zero-order chi connectivity index (χ0) is 31.1. The minimum absolute atomic E-state index is 0.0187. The van der Waals surface area contributed by atoms with Crippen LogP contribution in [0.4, 0.5) is 0 Å². The van der Waals surface area contributed by atoms with Gasteiger partial charge in [0.2, 0.25) is 0 Å². The standard InChI is InChI=1S/C31H43N2O7PS2/c1-20(2)39-41(37,40-21(3)4)29-12-16-42-31(29)43-17-15-33-14-11-22(26(19-33)30(35)36)6-9-28(34)24-10-13-32-27-8-7-23(38-5)18-25(24)27/h7-8,10,12-13,16,18,20-22,26,28,34H,6,9,11,14-15,17,19H2,1-5H3,(H,35,36)/t22-,26+,28+/m1/s1. The number of fused-ring (bicyclic) bond motifs is 1.